The molecule has 0 radical (unpaired) electrons. The summed E-state index contributed by atoms with van der Waals surface area (Å²) in [4.78, 5) is 0. The number of benzene rings is 1. The molecule has 0 spiro atoms. The van der Waals surface area contributed by atoms with Crippen molar-refractivity contribution in [3.63, 3.8) is 0 Å². The second-order valence-corrected chi connectivity index (χ2v) is 6.40. The normalized spacial score (nSPS) is 17.4. The second-order valence-electron chi connectivity index (χ2n) is 4.92. The van der Waals surface area contributed by atoms with Gasteiger partial charge in [0, 0.05) is 23.5 Å². The maximum Gasteiger partial charge on any atom is 0.161 e. The molecule has 112 valence electrons. The Labute approximate surface area is 124 Å². The maximum absolute atomic E-state index is 9.10. The second kappa shape index (κ2) is 7.76. The number of thioether (sulfide) groups is 1. The molecule has 1 aliphatic heterocycles. The number of aliphatic hydroxyl groups is 1. The van der Waals surface area contributed by atoms with Crippen molar-refractivity contribution < 1.29 is 14.6 Å². The quantitative estimate of drug-likeness (QED) is 0.843. The highest BCUT2D eigenvalue weighted by molar-refractivity contribution is 7.99. The van der Waals surface area contributed by atoms with Crippen molar-refractivity contribution in [1.82, 2.24) is 5.32 Å². The van der Waals surface area contributed by atoms with E-state index in [1.54, 1.807) is 11.8 Å². The first kappa shape index (κ1) is 15.5. The molecule has 0 fully saturated rings. The van der Waals surface area contributed by atoms with Gasteiger partial charge in [-0.1, -0.05) is 13.0 Å². The van der Waals surface area contributed by atoms with Crippen molar-refractivity contribution in [1.29, 1.82) is 0 Å². The minimum absolute atomic E-state index is 0.211. The summed E-state index contributed by atoms with van der Waals surface area (Å²) >= 11 is 1.76. The fourth-order valence-corrected chi connectivity index (χ4v) is 3.04. The lowest BCUT2D eigenvalue weighted by atomic mass is 10.1. The molecule has 1 aromatic rings. The van der Waals surface area contributed by atoms with Gasteiger partial charge in [-0.25, -0.2) is 0 Å². The van der Waals surface area contributed by atoms with Crippen LogP contribution in [0.3, 0.4) is 0 Å². The predicted octanol–water partition coefficient (Wildman–Crippen LogP) is 2.22. The number of nitrogens with one attached hydrogen (secondary N) is 1. The van der Waals surface area contributed by atoms with Crippen molar-refractivity contribution in [3.8, 4) is 11.5 Å². The van der Waals surface area contributed by atoms with Gasteiger partial charge in [0.1, 0.15) is 0 Å². The number of aliphatic hydroxyl groups excluding tert-OH is 1. The summed E-state index contributed by atoms with van der Waals surface area (Å²) in [5.74, 6) is 2.58. The Morgan fingerprint density at radius 3 is 2.75 bits per heavy atom. The van der Waals surface area contributed by atoms with Crippen LogP contribution in [-0.4, -0.2) is 43.0 Å². The smallest absolute Gasteiger partial charge is 0.161 e. The van der Waals surface area contributed by atoms with Crippen LogP contribution in [-0.2, 0) is 0 Å². The van der Waals surface area contributed by atoms with E-state index in [2.05, 4.69) is 17.4 Å². The molecular formula is C15H23NO3S. The van der Waals surface area contributed by atoms with Gasteiger partial charge in [0.25, 0.3) is 0 Å². The first-order valence-corrected chi connectivity index (χ1v) is 8.08. The zero-order chi connectivity index (χ0) is 14.4. The Morgan fingerprint density at radius 2 is 2.05 bits per heavy atom. The van der Waals surface area contributed by atoms with Crippen molar-refractivity contribution in [2.24, 2.45) is 0 Å². The van der Waals surface area contributed by atoms with Crippen LogP contribution >= 0.6 is 11.8 Å². The van der Waals surface area contributed by atoms with Crippen LogP contribution in [0.25, 0.3) is 0 Å². The summed E-state index contributed by atoms with van der Waals surface area (Å²) in [6.45, 7) is 3.66. The van der Waals surface area contributed by atoms with E-state index in [9.17, 15) is 0 Å². The SMILES string of the molecule is CNC(CSC(C)CO)c1ccc2c(c1)OCCCO2. The summed E-state index contributed by atoms with van der Waals surface area (Å²) in [5.41, 5.74) is 1.19. The highest BCUT2D eigenvalue weighted by atomic mass is 32.2. The van der Waals surface area contributed by atoms with Gasteiger partial charge in [0.2, 0.25) is 0 Å². The molecule has 0 bridgehead atoms. The Balaban J connectivity index is 2.07. The molecule has 2 rings (SSSR count). The van der Waals surface area contributed by atoms with Gasteiger partial charge in [-0.15, -0.1) is 0 Å². The average Bonchev–Trinajstić information content (AvgIpc) is 2.72. The van der Waals surface area contributed by atoms with Crippen molar-refractivity contribution in [2.75, 3.05) is 32.6 Å². The van der Waals surface area contributed by atoms with Gasteiger partial charge in [-0.2, -0.15) is 11.8 Å². The first-order valence-electron chi connectivity index (χ1n) is 7.04. The number of hydrogen-bond donors (Lipinski definition) is 2. The molecule has 0 amide bonds. The number of rotatable bonds is 6. The van der Waals surface area contributed by atoms with E-state index in [0.717, 1.165) is 23.7 Å². The molecule has 0 aromatic heterocycles. The van der Waals surface area contributed by atoms with E-state index >= 15 is 0 Å². The molecule has 0 saturated carbocycles. The fourth-order valence-electron chi connectivity index (χ4n) is 2.06. The largest absolute Gasteiger partial charge is 0.490 e. The lowest BCUT2D eigenvalue weighted by molar-refractivity contribution is 0.297. The van der Waals surface area contributed by atoms with E-state index in [1.165, 1.54) is 5.56 Å². The average molecular weight is 297 g/mol. The summed E-state index contributed by atoms with van der Waals surface area (Å²) in [6, 6.07) is 6.37. The van der Waals surface area contributed by atoms with Gasteiger partial charge in [0.15, 0.2) is 11.5 Å². The van der Waals surface area contributed by atoms with Gasteiger partial charge in [-0.05, 0) is 24.7 Å². The Kier molecular flexibility index (Phi) is 6.01. The molecule has 5 heteroatoms. The molecule has 0 aliphatic carbocycles. The third kappa shape index (κ3) is 4.04. The predicted molar refractivity (Wildman–Crippen MR) is 82.9 cm³/mol. The molecule has 4 nitrogen and oxygen atoms in total. The Hall–Kier alpha value is -0.910. The van der Waals surface area contributed by atoms with Crippen LogP contribution < -0.4 is 14.8 Å². The van der Waals surface area contributed by atoms with Crippen LogP contribution in [0.15, 0.2) is 18.2 Å². The summed E-state index contributed by atoms with van der Waals surface area (Å²) < 4.78 is 11.4. The third-order valence-electron chi connectivity index (χ3n) is 3.33. The molecule has 2 unspecified atom stereocenters. The van der Waals surface area contributed by atoms with Gasteiger partial charge in [0.05, 0.1) is 19.8 Å². The van der Waals surface area contributed by atoms with E-state index < -0.39 is 0 Å². The van der Waals surface area contributed by atoms with Crippen molar-refractivity contribution >= 4 is 11.8 Å². The van der Waals surface area contributed by atoms with Crippen LogP contribution in [0.2, 0.25) is 0 Å². The molecule has 1 heterocycles. The zero-order valence-electron chi connectivity index (χ0n) is 12.1. The number of ether oxygens (including phenoxy) is 2. The fraction of sp³-hybridized carbons (Fsp3) is 0.600. The van der Waals surface area contributed by atoms with Gasteiger partial charge in [-0.3, -0.25) is 0 Å². The monoisotopic (exact) mass is 297 g/mol. The topological polar surface area (TPSA) is 50.7 Å². The molecule has 2 N–H and O–H groups in total. The van der Waals surface area contributed by atoms with Crippen LogP contribution in [0.4, 0.5) is 0 Å². The highest BCUT2D eigenvalue weighted by Gasteiger charge is 2.16. The number of fused-ring (bicyclic) bond motifs is 1. The lowest BCUT2D eigenvalue weighted by Gasteiger charge is -2.19. The summed E-state index contributed by atoms with van der Waals surface area (Å²) in [6.07, 6.45) is 0.920. The molecular weight excluding hydrogens is 274 g/mol. The van der Waals surface area contributed by atoms with Gasteiger partial charge < -0.3 is 19.9 Å². The Bertz CT molecular complexity index is 428. The van der Waals surface area contributed by atoms with E-state index in [1.807, 2.05) is 20.0 Å². The molecule has 0 saturated heterocycles. The zero-order valence-corrected chi connectivity index (χ0v) is 12.9. The third-order valence-corrected chi connectivity index (χ3v) is 4.57. The number of hydrogen-bond acceptors (Lipinski definition) is 5. The van der Waals surface area contributed by atoms with Crippen LogP contribution in [0.5, 0.6) is 11.5 Å². The lowest BCUT2D eigenvalue weighted by Crippen LogP contribution is -2.20. The van der Waals surface area contributed by atoms with E-state index in [-0.39, 0.29) is 17.9 Å². The molecule has 2 atom stereocenters. The van der Waals surface area contributed by atoms with Crippen molar-refractivity contribution in [2.45, 2.75) is 24.6 Å². The minimum atomic E-state index is 0.211. The summed E-state index contributed by atoms with van der Waals surface area (Å²) in [5, 5.41) is 12.7. The minimum Gasteiger partial charge on any atom is -0.490 e. The highest BCUT2D eigenvalue weighted by Crippen LogP contribution is 2.33. The maximum atomic E-state index is 9.10. The van der Waals surface area contributed by atoms with Crippen LogP contribution in [0.1, 0.15) is 24.9 Å². The van der Waals surface area contributed by atoms with Gasteiger partial charge >= 0.3 is 0 Å². The van der Waals surface area contributed by atoms with Crippen LogP contribution in [0, 0.1) is 0 Å². The standard InChI is InChI=1S/C15H23NO3S/c1-11(9-17)20-10-13(16-2)12-4-5-14-15(8-12)19-7-3-6-18-14/h4-5,8,11,13,16-17H,3,6-7,9-10H2,1-2H3. The molecule has 20 heavy (non-hydrogen) atoms. The van der Waals surface area contributed by atoms with E-state index in [0.29, 0.717) is 13.2 Å². The molecule has 1 aromatic carbocycles. The Morgan fingerprint density at radius 1 is 1.30 bits per heavy atom. The van der Waals surface area contributed by atoms with Crippen molar-refractivity contribution in [3.05, 3.63) is 23.8 Å². The van der Waals surface area contributed by atoms with E-state index in [4.69, 9.17) is 14.6 Å². The first-order chi connectivity index (χ1) is 9.74. The summed E-state index contributed by atoms with van der Waals surface area (Å²) in [7, 11) is 1.96. The molecule has 1 aliphatic rings.